The van der Waals surface area contributed by atoms with Crippen LogP contribution in [0.25, 0.3) is 22.3 Å². The third kappa shape index (κ3) is 3.61. The third-order valence-corrected chi connectivity index (χ3v) is 7.05. The van der Waals surface area contributed by atoms with Gasteiger partial charge < -0.3 is 19.2 Å². The molecule has 0 saturated heterocycles. The lowest BCUT2D eigenvalue weighted by Gasteiger charge is -2.26. The fourth-order valence-corrected chi connectivity index (χ4v) is 5.55. The van der Waals surface area contributed by atoms with Crippen LogP contribution in [0.2, 0.25) is 0 Å². The van der Waals surface area contributed by atoms with Gasteiger partial charge in [0, 0.05) is 24.0 Å². The summed E-state index contributed by atoms with van der Waals surface area (Å²) in [6.07, 6.45) is 3.49. The summed E-state index contributed by atoms with van der Waals surface area (Å²) in [4.78, 5) is 15.7. The van der Waals surface area contributed by atoms with Gasteiger partial charge in [0.2, 0.25) is 0 Å². The van der Waals surface area contributed by atoms with Gasteiger partial charge in [-0.2, -0.15) is 0 Å². The number of fused-ring (bicyclic) bond motifs is 2. The number of furan rings is 1. The highest BCUT2D eigenvalue weighted by Crippen LogP contribution is 2.46. The molecule has 1 aromatic heterocycles. The minimum absolute atomic E-state index is 0.0169. The van der Waals surface area contributed by atoms with Gasteiger partial charge in [-0.1, -0.05) is 30.3 Å². The number of nitrogens with zero attached hydrogens (tertiary/aromatic N) is 1. The molecule has 2 unspecified atom stereocenters. The summed E-state index contributed by atoms with van der Waals surface area (Å²) in [7, 11) is 1.91. The van der Waals surface area contributed by atoms with E-state index < -0.39 is 0 Å². The maximum Gasteiger partial charge on any atom is 0.258 e. The van der Waals surface area contributed by atoms with Gasteiger partial charge in [-0.25, -0.2) is 0 Å². The van der Waals surface area contributed by atoms with E-state index in [2.05, 4.69) is 0 Å². The molecule has 5 rings (SSSR count). The molecular weight excluding hydrogens is 390 g/mol. The van der Waals surface area contributed by atoms with Crippen molar-refractivity contribution in [3.05, 3.63) is 54.1 Å². The molecule has 31 heavy (non-hydrogen) atoms. The Morgan fingerprint density at radius 2 is 1.81 bits per heavy atom. The second kappa shape index (κ2) is 8.04. The number of carbonyl (C=O) groups excluding carboxylic acids is 1. The van der Waals surface area contributed by atoms with Crippen LogP contribution in [0.15, 0.2) is 52.9 Å². The summed E-state index contributed by atoms with van der Waals surface area (Å²) in [5.41, 5.74) is 2.17. The Labute approximate surface area is 182 Å². The Hall–Kier alpha value is -2.79. The maximum atomic E-state index is 13.8. The van der Waals surface area contributed by atoms with Crippen LogP contribution in [-0.2, 0) is 0 Å². The van der Waals surface area contributed by atoms with Crippen LogP contribution in [0.3, 0.4) is 0 Å². The van der Waals surface area contributed by atoms with Crippen molar-refractivity contribution in [2.45, 2.75) is 44.8 Å². The van der Waals surface area contributed by atoms with Crippen molar-refractivity contribution < 1.29 is 19.1 Å². The smallest absolute Gasteiger partial charge is 0.258 e. The van der Waals surface area contributed by atoms with Crippen molar-refractivity contribution in [1.29, 1.82) is 0 Å². The third-order valence-electron chi connectivity index (χ3n) is 7.05. The number of aliphatic hydroxyl groups excluding tert-OH is 1. The molecule has 2 fully saturated rings. The molecule has 4 atom stereocenters. The zero-order valence-electron chi connectivity index (χ0n) is 18.1. The highest BCUT2D eigenvalue weighted by Gasteiger charge is 2.43. The average Bonchev–Trinajstić information content (AvgIpc) is 3.44. The molecule has 162 valence electrons. The fourth-order valence-electron chi connectivity index (χ4n) is 5.55. The number of ether oxygens (including phenoxy) is 1. The van der Waals surface area contributed by atoms with Crippen LogP contribution in [0.4, 0.5) is 0 Å². The molecule has 1 N–H and O–H groups in total. The molecule has 5 heteroatoms. The summed E-state index contributed by atoms with van der Waals surface area (Å²) in [5, 5.41) is 10.8. The molecule has 0 spiro atoms. The van der Waals surface area contributed by atoms with Gasteiger partial charge >= 0.3 is 0 Å². The first-order chi connectivity index (χ1) is 15.0. The van der Waals surface area contributed by atoms with Crippen LogP contribution >= 0.6 is 0 Å². The van der Waals surface area contributed by atoms with Crippen LogP contribution in [0, 0.1) is 11.8 Å². The molecule has 0 aliphatic heterocycles. The molecule has 0 bridgehead atoms. The number of carbonyl (C=O) groups is 1. The topological polar surface area (TPSA) is 62.9 Å². The number of amides is 1. The second-order valence-electron chi connectivity index (χ2n) is 8.95. The summed E-state index contributed by atoms with van der Waals surface area (Å²) in [5.74, 6) is 2.37. The van der Waals surface area contributed by atoms with Crippen molar-refractivity contribution in [3.63, 3.8) is 0 Å². The van der Waals surface area contributed by atoms with Gasteiger partial charge in [0.15, 0.2) is 0 Å². The van der Waals surface area contributed by atoms with Crippen molar-refractivity contribution in [1.82, 2.24) is 4.90 Å². The quantitative estimate of drug-likeness (QED) is 0.623. The summed E-state index contributed by atoms with van der Waals surface area (Å²) < 4.78 is 11.9. The zero-order valence-corrected chi connectivity index (χ0v) is 18.1. The van der Waals surface area contributed by atoms with E-state index in [1.165, 1.54) is 0 Å². The average molecular weight is 420 g/mol. The van der Waals surface area contributed by atoms with Crippen molar-refractivity contribution in [2.75, 3.05) is 13.7 Å². The molecule has 2 aromatic carbocycles. The Morgan fingerprint density at radius 3 is 2.48 bits per heavy atom. The molecule has 5 nitrogen and oxygen atoms in total. The monoisotopic (exact) mass is 419 g/mol. The van der Waals surface area contributed by atoms with E-state index in [-0.39, 0.29) is 18.1 Å². The van der Waals surface area contributed by atoms with E-state index in [0.29, 0.717) is 35.3 Å². The lowest BCUT2D eigenvalue weighted by atomic mass is 10.0. The maximum absolute atomic E-state index is 13.8. The van der Waals surface area contributed by atoms with Gasteiger partial charge in [0.1, 0.15) is 17.1 Å². The largest absolute Gasteiger partial charge is 0.494 e. The number of hydrogen-bond acceptors (Lipinski definition) is 4. The van der Waals surface area contributed by atoms with E-state index in [4.69, 9.17) is 9.15 Å². The predicted octanol–water partition coefficient (Wildman–Crippen LogP) is 5.12. The van der Waals surface area contributed by atoms with Gasteiger partial charge in [0.05, 0.1) is 18.3 Å². The highest BCUT2D eigenvalue weighted by atomic mass is 16.5. The van der Waals surface area contributed by atoms with Crippen LogP contribution in [0.5, 0.6) is 5.75 Å². The number of benzene rings is 2. The van der Waals surface area contributed by atoms with E-state index in [1.54, 1.807) is 0 Å². The van der Waals surface area contributed by atoms with E-state index >= 15 is 0 Å². The van der Waals surface area contributed by atoms with Gasteiger partial charge in [-0.15, -0.1) is 0 Å². The lowest BCUT2D eigenvalue weighted by Crippen LogP contribution is -2.36. The van der Waals surface area contributed by atoms with Crippen molar-refractivity contribution in [3.8, 4) is 17.1 Å². The van der Waals surface area contributed by atoms with Gasteiger partial charge in [-0.3, -0.25) is 4.79 Å². The molecule has 0 radical (unpaired) electrons. The SMILES string of the molecule is CCOc1ccc2oc(-c3ccccc3)c(C(=O)N(C)C3C[C@H]4CC(O)C[C@H]4C3)c2c1. The molecule has 2 saturated carbocycles. The van der Waals surface area contributed by atoms with E-state index in [9.17, 15) is 9.90 Å². The van der Waals surface area contributed by atoms with Crippen molar-refractivity contribution in [2.24, 2.45) is 11.8 Å². The predicted molar refractivity (Wildman–Crippen MR) is 120 cm³/mol. The van der Waals surface area contributed by atoms with Crippen molar-refractivity contribution >= 4 is 16.9 Å². The fraction of sp³-hybridized carbons (Fsp3) is 0.423. The number of aliphatic hydroxyl groups is 1. The minimum Gasteiger partial charge on any atom is -0.494 e. The second-order valence-corrected chi connectivity index (χ2v) is 8.95. The first-order valence-electron chi connectivity index (χ1n) is 11.2. The molecule has 3 aromatic rings. The minimum atomic E-state index is -0.170. The van der Waals surface area contributed by atoms with E-state index in [0.717, 1.165) is 42.4 Å². The standard InChI is InChI=1S/C26H29NO4/c1-3-30-21-9-10-23-22(15-21)24(25(31-23)16-7-5-4-6-8-16)26(29)27(2)19-11-17-13-20(28)14-18(17)12-19/h4-10,15,17-20,28H,3,11-14H2,1-2H3/t17-,18+,19?,20?. The summed E-state index contributed by atoms with van der Waals surface area (Å²) >= 11 is 0. The normalized spacial score (nSPS) is 25.0. The molecular formula is C26H29NO4. The Morgan fingerprint density at radius 1 is 1.10 bits per heavy atom. The van der Waals surface area contributed by atoms with Crippen LogP contribution in [-0.4, -0.2) is 41.7 Å². The summed E-state index contributed by atoms with van der Waals surface area (Å²) in [6, 6.07) is 15.7. The lowest BCUT2D eigenvalue weighted by molar-refractivity contribution is 0.0724. The van der Waals surface area contributed by atoms with E-state index in [1.807, 2.05) is 67.4 Å². The first kappa shape index (κ1) is 20.1. The van der Waals surface area contributed by atoms with Crippen LogP contribution in [0.1, 0.15) is 43.0 Å². The zero-order chi connectivity index (χ0) is 21.5. The summed E-state index contributed by atoms with van der Waals surface area (Å²) in [6.45, 7) is 2.51. The number of rotatable bonds is 5. The molecule has 2 aliphatic rings. The highest BCUT2D eigenvalue weighted by molar-refractivity contribution is 6.11. The van der Waals surface area contributed by atoms with Gasteiger partial charge in [0.25, 0.3) is 5.91 Å². The number of hydrogen-bond donors (Lipinski definition) is 1. The van der Waals surface area contributed by atoms with Crippen LogP contribution < -0.4 is 4.74 Å². The first-order valence-corrected chi connectivity index (χ1v) is 11.2. The Balaban J connectivity index is 1.53. The molecule has 1 amide bonds. The molecule has 2 aliphatic carbocycles. The Kier molecular flexibility index (Phi) is 5.22. The molecule has 1 heterocycles. The van der Waals surface area contributed by atoms with Gasteiger partial charge in [-0.05, 0) is 62.6 Å². The Bertz CT molecular complexity index is 1080.